The van der Waals surface area contributed by atoms with Crippen molar-refractivity contribution in [2.24, 2.45) is 0 Å². The first-order valence-electron chi connectivity index (χ1n) is 8.36. The Morgan fingerprint density at radius 3 is 2.83 bits per heavy atom. The highest BCUT2D eigenvalue weighted by Gasteiger charge is 2.30. The van der Waals surface area contributed by atoms with Gasteiger partial charge in [0.1, 0.15) is 15.7 Å². The Labute approximate surface area is 138 Å². The first-order chi connectivity index (χ1) is 11.0. The number of hydrogen-bond donors (Lipinski definition) is 0. The van der Waals surface area contributed by atoms with E-state index in [1.165, 1.54) is 11.8 Å². The van der Waals surface area contributed by atoms with Crippen molar-refractivity contribution < 1.29 is 8.42 Å². The summed E-state index contributed by atoms with van der Waals surface area (Å²) in [6.07, 6.45) is 4.26. The van der Waals surface area contributed by atoms with Crippen molar-refractivity contribution in [2.75, 3.05) is 25.1 Å². The van der Waals surface area contributed by atoms with E-state index in [1.807, 2.05) is 6.07 Å². The first kappa shape index (κ1) is 16.5. The zero-order valence-electron chi connectivity index (χ0n) is 13.9. The van der Waals surface area contributed by atoms with Gasteiger partial charge in [0.05, 0.1) is 22.8 Å². The van der Waals surface area contributed by atoms with Gasteiger partial charge in [-0.15, -0.1) is 0 Å². The van der Waals surface area contributed by atoms with Crippen molar-refractivity contribution in [3.63, 3.8) is 0 Å². The van der Waals surface area contributed by atoms with Gasteiger partial charge in [0.25, 0.3) is 0 Å². The molecule has 23 heavy (non-hydrogen) atoms. The lowest BCUT2D eigenvalue weighted by molar-refractivity contribution is 0.245. The molecule has 1 saturated heterocycles. The van der Waals surface area contributed by atoms with E-state index in [9.17, 15) is 8.42 Å². The maximum atomic E-state index is 11.3. The van der Waals surface area contributed by atoms with Crippen LogP contribution in [-0.2, 0) is 16.4 Å². The normalized spacial score (nSPS) is 19.7. The second kappa shape index (κ2) is 6.61. The van der Waals surface area contributed by atoms with Crippen molar-refractivity contribution in [3.8, 4) is 0 Å². The van der Waals surface area contributed by atoms with E-state index in [0.717, 1.165) is 43.8 Å². The second-order valence-electron chi connectivity index (χ2n) is 6.38. The molecular formula is C17H25N3O2S. The van der Waals surface area contributed by atoms with E-state index in [2.05, 4.69) is 34.6 Å². The van der Waals surface area contributed by atoms with Gasteiger partial charge in [-0.25, -0.2) is 13.4 Å². The Morgan fingerprint density at radius 2 is 2.09 bits per heavy atom. The topological polar surface area (TPSA) is 55.2 Å². The van der Waals surface area contributed by atoms with Crippen LogP contribution >= 0.6 is 0 Å². The fraction of sp³-hybridized carbons (Fsp3) is 0.588. The molecule has 1 fully saturated rings. The molecule has 0 spiro atoms. The smallest absolute Gasteiger partial charge is 0.147 e. The monoisotopic (exact) mass is 335 g/mol. The molecule has 0 saturated carbocycles. The molecule has 3 rings (SSSR count). The van der Waals surface area contributed by atoms with Gasteiger partial charge >= 0.3 is 0 Å². The van der Waals surface area contributed by atoms with Crippen LogP contribution in [0.15, 0.2) is 24.3 Å². The molecule has 1 aliphatic heterocycles. The number of hydrogen-bond acceptors (Lipinski definition) is 4. The third kappa shape index (κ3) is 3.58. The zero-order valence-corrected chi connectivity index (χ0v) is 14.7. The summed E-state index contributed by atoms with van der Waals surface area (Å²) in [7, 11) is -2.88. The highest BCUT2D eigenvalue weighted by atomic mass is 32.2. The lowest BCUT2D eigenvalue weighted by Crippen LogP contribution is -2.27. The van der Waals surface area contributed by atoms with Crippen LogP contribution in [0.3, 0.4) is 0 Å². The third-order valence-corrected chi connectivity index (χ3v) is 5.65. The summed E-state index contributed by atoms with van der Waals surface area (Å²) in [6.45, 7) is 4.91. The molecule has 0 unspecified atom stereocenters. The summed E-state index contributed by atoms with van der Waals surface area (Å²) in [5.74, 6) is 1.39. The number of benzene rings is 1. The molecule has 0 bridgehead atoms. The summed E-state index contributed by atoms with van der Waals surface area (Å²) in [5.41, 5.74) is 2.24. The number of rotatable bonds is 6. The Hall–Kier alpha value is -1.40. The maximum absolute atomic E-state index is 11.3. The number of sulfone groups is 1. The molecule has 1 aliphatic rings. The minimum Gasteiger partial charge on any atom is -0.327 e. The number of nitrogens with zero attached hydrogens (tertiary/aromatic N) is 3. The molecule has 0 N–H and O–H groups in total. The summed E-state index contributed by atoms with van der Waals surface area (Å²) in [6, 6.07) is 8.57. The number of para-hydroxylation sites is 2. The number of imidazole rings is 1. The molecule has 0 aliphatic carbocycles. The van der Waals surface area contributed by atoms with Crippen LogP contribution in [0.2, 0.25) is 0 Å². The van der Waals surface area contributed by atoms with Crippen LogP contribution in [-0.4, -0.2) is 48.0 Å². The molecule has 1 aromatic heterocycles. The largest absolute Gasteiger partial charge is 0.327 e. The van der Waals surface area contributed by atoms with Gasteiger partial charge in [0, 0.05) is 12.8 Å². The fourth-order valence-electron chi connectivity index (χ4n) is 3.60. The van der Waals surface area contributed by atoms with E-state index in [1.54, 1.807) is 0 Å². The minimum atomic E-state index is -2.88. The predicted molar refractivity (Wildman–Crippen MR) is 93.3 cm³/mol. The molecule has 0 amide bonds. The Kier molecular flexibility index (Phi) is 4.73. The number of aromatic nitrogens is 2. The quantitative estimate of drug-likeness (QED) is 0.814. The minimum absolute atomic E-state index is 0.264. The van der Waals surface area contributed by atoms with Gasteiger partial charge in [0.15, 0.2) is 0 Å². The van der Waals surface area contributed by atoms with Gasteiger partial charge in [-0.1, -0.05) is 12.1 Å². The van der Waals surface area contributed by atoms with Gasteiger partial charge in [-0.2, -0.15) is 0 Å². The fourth-order valence-corrected chi connectivity index (χ4v) is 4.25. The van der Waals surface area contributed by atoms with Crippen molar-refractivity contribution in [1.82, 2.24) is 14.5 Å². The SMILES string of the molecule is CCn1c([C@H]2CCCN2CCCS(C)(=O)=O)nc2ccccc21. The second-order valence-corrected chi connectivity index (χ2v) is 8.64. The molecule has 0 radical (unpaired) electrons. The average molecular weight is 335 g/mol. The zero-order chi connectivity index (χ0) is 16.4. The number of aryl methyl sites for hydroxylation is 1. The molecule has 6 heteroatoms. The van der Waals surface area contributed by atoms with Crippen LogP contribution in [0.25, 0.3) is 11.0 Å². The van der Waals surface area contributed by atoms with Crippen molar-refractivity contribution in [3.05, 3.63) is 30.1 Å². The molecule has 2 aromatic rings. The summed E-state index contributed by atoms with van der Waals surface area (Å²) < 4.78 is 25.0. The highest BCUT2D eigenvalue weighted by molar-refractivity contribution is 7.90. The van der Waals surface area contributed by atoms with Crippen molar-refractivity contribution in [1.29, 1.82) is 0 Å². The third-order valence-electron chi connectivity index (χ3n) is 4.62. The van der Waals surface area contributed by atoms with Gasteiger partial charge in [-0.05, 0) is 51.4 Å². The lowest BCUT2D eigenvalue weighted by atomic mass is 10.2. The van der Waals surface area contributed by atoms with Crippen molar-refractivity contribution in [2.45, 2.75) is 38.8 Å². The van der Waals surface area contributed by atoms with Crippen LogP contribution in [0.4, 0.5) is 0 Å². The molecule has 5 nitrogen and oxygen atoms in total. The summed E-state index contributed by atoms with van der Waals surface area (Å²) >= 11 is 0. The van der Waals surface area contributed by atoms with Gasteiger partial charge < -0.3 is 4.57 Å². The number of likely N-dealkylation sites (tertiary alicyclic amines) is 1. The molecule has 1 aromatic carbocycles. The average Bonchev–Trinajstić information content (AvgIpc) is 3.09. The van der Waals surface area contributed by atoms with Crippen LogP contribution < -0.4 is 0 Å². The highest BCUT2D eigenvalue weighted by Crippen LogP contribution is 2.33. The number of fused-ring (bicyclic) bond motifs is 1. The molecule has 126 valence electrons. The summed E-state index contributed by atoms with van der Waals surface area (Å²) in [5, 5.41) is 0. The maximum Gasteiger partial charge on any atom is 0.147 e. The Morgan fingerprint density at radius 1 is 1.30 bits per heavy atom. The van der Waals surface area contributed by atoms with Crippen molar-refractivity contribution >= 4 is 20.9 Å². The van der Waals surface area contributed by atoms with E-state index < -0.39 is 9.84 Å². The Bertz CT molecular complexity index is 782. The lowest BCUT2D eigenvalue weighted by Gasteiger charge is -2.24. The van der Waals surface area contributed by atoms with Gasteiger partial charge in [0.2, 0.25) is 0 Å². The molecule has 1 atom stereocenters. The van der Waals surface area contributed by atoms with E-state index in [4.69, 9.17) is 4.98 Å². The molecule has 2 heterocycles. The predicted octanol–water partition coefficient (Wildman–Crippen LogP) is 2.63. The van der Waals surface area contributed by atoms with E-state index in [-0.39, 0.29) is 5.75 Å². The van der Waals surface area contributed by atoms with Crippen LogP contribution in [0, 0.1) is 0 Å². The van der Waals surface area contributed by atoms with Crippen LogP contribution in [0.5, 0.6) is 0 Å². The van der Waals surface area contributed by atoms with Gasteiger partial charge in [-0.3, -0.25) is 4.90 Å². The van der Waals surface area contributed by atoms with Crippen LogP contribution in [0.1, 0.15) is 38.1 Å². The standard InChI is InChI=1S/C17H25N3O2S/c1-3-20-15-9-5-4-8-14(15)18-17(20)16-10-6-11-19(16)12-7-13-23(2,21)22/h4-5,8-9,16H,3,6-7,10-13H2,1-2H3/t16-/m1/s1. The summed E-state index contributed by atoms with van der Waals surface area (Å²) in [4.78, 5) is 7.28. The first-order valence-corrected chi connectivity index (χ1v) is 10.4. The Balaban J connectivity index is 1.82. The molecular weight excluding hydrogens is 310 g/mol. The van der Waals surface area contributed by atoms with E-state index in [0.29, 0.717) is 12.5 Å². The van der Waals surface area contributed by atoms with E-state index >= 15 is 0 Å².